The molecule has 2 unspecified atom stereocenters. The van der Waals surface area contributed by atoms with Crippen LogP contribution in [0.15, 0.2) is 65.6 Å². The Balaban J connectivity index is 2.40. The molecule has 0 fully saturated rings. The van der Waals surface area contributed by atoms with Gasteiger partial charge in [0, 0.05) is 6.92 Å². The third-order valence-corrected chi connectivity index (χ3v) is 7.22. The number of esters is 1. The summed E-state index contributed by atoms with van der Waals surface area (Å²) in [5.41, 5.74) is -0.0185. The molecule has 0 bridgehead atoms. The van der Waals surface area contributed by atoms with E-state index in [1.807, 2.05) is 37.3 Å². The van der Waals surface area contributed by atoms with E-state index in [1.165, 1.54) is 6.92 Å². The second-order valence-corrected chi connectivity index (χ2v) is 9.16. The summed E-state index contributed by atoms with van der Waals surface area (Å²) in [6, 6.07) is 18.2. The summed E-state index contributed by atoms with van der Waals surface area (Å²) in [5, 5.41) is -0.801. The van der Waals surface area contributed by atoms with Gasteiger partial charge in [0.2, 0.25) is 0 Å². The summed E-state index contributed by atoms with van der Waals surface area (Å²) < 4.78 is 32.4. The number of benzene rings is 2. The first-order chi connectivity index (χ1) is 12.8. The van der Waals surface area contributed by atoms with Crippen molar-refractivity contribution in [2.24, 2.45) is 0 Å². The molecule has 0 N–H and O–H groups in total. The summed E-state index contributed by atoms with van der Waals surface area (Å²) in [4.78, 5) is 12.1. The minimum atomic E-state index is -3.65. The SMILES string of the molecule is CCCC(C(C)(CCc1ccccc1)OC(C)=O)S(=O)(=O)c1ccccc1. The first-order valence-corrected chi connectivity index (χ1v) is 10.9. The average Bonchev–Trinajstić information content (AvgIpc) is 2.65. The van der Waals surface area contributed by atoms with Crippen LogP contribution in [0.2, 0.25) is 0 Å². The van der Waals surface area contributed by atoms with Gasteiger partial charge in [0.25, 0.3) is 0 Å². The van der Waals surface area contributed by atoms with Gasteiger partial charge in [0.1, 0.15) is 10.9 Å². The third kappa shape index (κ3) is 5.42. The Labute approximate surface area is 162 Å². The van der Waals surface area contributed by atoms with Gasteiger partial charge in [-0.25, -0.2) is 8.42 Å². The van der Waals surface area contributed by atoms with E-state index in [0.717, 1.165) is 5.56 Å². The highest BCUT2D eigenvalue weighted by Crippen LogP contribution is 2.34. The van der Waals surface area contributed by atoms with Crippen molar-refractivity contribution in [2.45, 2.75) is 62.2 Å². The standard InChI is InChI=1S/C22H28O4S/c1-4-11-21(27(24,25)20-14-9-6-10-15-20)22(3,26-18(2)23)17-16-19-12-7-5-8-13-19/h5-10,12-15,21H,4,11,16-17H2,1-3H3. The van der Waals surface area contributed by atoms with Crippen molar-refractivity contribution in [1.29, 1.82) is 0 Å². The second-order valence-electron chi connectivity index (χ2n) is 7.03. The Morgan fingerprint density at radius 1 is 1.04 bits per heavy atom. The highest BCUT2D eigenvalue weighted by Gasteiger charge is 2.45. The number of aryl methyl sites for hydroxylation is 1. The van der Waals surface area contributed by atoms with Crippen molar-refractivity contribution >= 4 is 15.8 Å². The zero-order valence-electron chi connectivity index (χ0n) is 16.2. The molecule has 0 aliphatic carbocycles. The van der Waals surface area contributed by atoms with Crippen molar-refractivity contribution in [3.05, 3.63) is 66.2 Å². The maximum absolute atomic E-state index is 13.4. The van der Waals surface area contributed by atoms with Gasteiger partial charge in [0.05, 0.1) is 4.90 Å². The second kappa shape index (κ2) is 9.18. The minimum Gasteiger partial charge on any atom is -0.458 e. The summed E-state index contributed by atoms with van der Waals surface area (Å²) in [6.07, 6.45) is 2.18. The lowest BCUT2D eigenvalue weighted by atomic mass is 9.90. The van der Waals surface area contributed by atoms with Crippen molar-refractivity contribution < 1.29 is 17.9 Å². The van der Waals surface area contributed by atoms with Crippen molar-refractivity contribution in [1.82, 2.24) is 0 Å². The molecule has 0 aliphatic heterocycles. The van der Waals surface area contributed by atoms with Gasteiger partial charge in [-0.15, -0.1) is 0 Å². The lowest BCUT2D eigenvalue weighted by molar-refractivity contribution is -0.156. The molecule has 0 radical (unpaired) electrons. The van der Waals surface area contributed by atoms with E-state index in [9.17, 15) is 13.2 Å². The molecule has 27 heavy (non-hydrogen) atoms. The van der Waals surface area contributed by atoms with E-state index in [-0.39, 0.29) is 4.90 Å². The van der Waals surface area contributed by atoms with Crippen LogP contribution in [-0.2, 0) is 25.8 Å². The molecule has 2 aromatic rings. The van der Waals surface area contributed by atoms with Gasteiger partial charge in [-0.3, -0.25) is 4.79 Å². The Kier molecular flexibility index (Phi) is 7.19. The summed E-state index contributed by atoms with van der Waals surface area (Å²) in [5.74, 6) is -0.463. The maximum atomic E-state index is 13.4. The fraction of sp³-hybridized carbons (Fsp3) is 0.409. The minimum absolute atomic E-state index is 0.265. The average molecular weight is 389 g/mol. The first kappa shape index (κ1) is 21.2. The molecular weight excluding hydrogens is 360 g/mol. The molecule has 0 saturated carbocycles. The molecule has 0 aromatic heterocycles. The van der Waals surface area contributed by atoms with Gasteiger partial charge in [0.15, 0.2) is 9.84 Å². The molecule has 4 nitrogen and oxygen atoms in total. The van der Waals surface area contributed by atoms with Crippen LogP contribution in [0.3, 0.4) is 0 Å². The van der Waals surface area contributed by atoms with Crippen LogP contribution in [0.4, 0.5) is 0 Å². The highest BCUT2D eigenvalue weighted by atomic mass is 32.2. The Bertz CT molecular complexity index is 831. The Morgan fingerprint density at radius 3 is 2.11 bits per heavy atom. The molecule has 2 aromatic carbocycles. The molecule has 0 aliphatic rings. The van der Waals surface area contributed by atoms with E-state index in [0.29, 0.717) is 25.7 Å². The molecule has 0 heterocycles. The van der Waals surface area contributed by atoms with Crippen LogP contribution in [0.25, 0.3) is 0 Å². The third-order valence-electron chi connectivity index (χ3n) is 4.81. The van der Waals surface area contributed by atoms with Gasteiger partial charge in [-0.1, -0.05) is 61.9 Å². The lowest BCUT2D eigenvalue weighted by Crippen LogP contribution is -2.48. The highest BCUT2D eigenvalue weighted by molar-refractivity contribution is 7.92. The van der Waals surface area contributed by atoms with Crippen LogP contribution >= 0.6 is 0 Å². The van der Waals surface area contributed by atoms with Crippen LogP contribution in [0.5, 0.6) is 0 Å². The van der Waals surface area contributed by atoms with E-state index in [2.05, 4.69) is 0 Å². The number of sulfone groups is 1. The first-order valence-electron chi connectivity index (χ1n) is 9.32. The van der Waals surface area contributed by atoms with Crippen molar-refractivity contribution in [3.8, 4) is 0 Å². The van der Waals surface area contributed by atoms with Crippen LogP contribution < -0.4 is 0 Å². The normalized spacial score (nSPS) is 14.9. The van der Waals surface area contributed by atoms with Gasteiger partial charge < -0.3 is 4.74 Å². The summed E-state index contributed by atoms with van der Waals surface area (Å²) in [7, 11) is -3.65. The zero-order valence-corrected chi connectivity index (χ0v) is 17.0. The topological polar surface area (TPSA) is 60.4 Å². The summed E-state index contributed by atoms with van der Waals surface area (Å²) in [6.45, 7) is 5.02. The lowest BCUT2D eigenvalue weighted by Gasteiger charge is -2.36. The fourth-order valence-corrected chi connectivity index (χ4v) is 5.70. The van der Waals surface area contributed by atoms with E-state index >= 15 is 0 Å². The van der Waals surface area contributed by atoms with Crippen molar-refractivity contribution in [2.75, 3.05) is 0 Å². The van der Waals surface area contributed by atoms with Gasteiger partial charge >= 0.3 is 5.97 Å². The van der Waals surface area contributed by atoms with Crippen LogP contribution in [0, 0.1) is 0 Å². The molecular formula is C22H28O4S. The molecule has 0 saturated heterocycles. The smallest absolute Gasteiger partial charge is 0.303 e. The van der Waals surface area contributed by atoms with Crippen LogP contribution in [0.1, 0.15) is 45.6 Å². The number of hydrogen-bond acceptors (Lipinski definition) is 4. The van der Waals surface area contributed by atoms with E-state index in [4.69, 9.17) is 4.74 Å². The van der Waals surface area contributed by atoms with Gasteiger partial charge in [-0.2, -0.15) is 0 Å². The molecule has 0 spiro atoms. The predicted octanol–water partition coefficient (Wildman–Crippen LogP) is 4.58. The van der Waals surface area contributed by atoms with Gasteiger partial charge in [-0.05, 0) is 43.9 Å². The number of ether oxygens (including phenoxy) is 1. The Morgan fingerprint density at radius 2 is 1.59 bits per heavy atom. The molecule has 2 atom stereocenters. The fourth-order valence-electron chi connectivity index (χ4n) is 3.47. The summed E-state index contributed by atoms with van der Waals surface area (Å²) >= 11 is 0. The molecule has 2 rings (SSSR count). The number of rotatable bonds is 9. The van der Waals surface area contributed by atoms with Crippen LogP contribution in [-0.4, -0.2) is 25.2 Å². The number of hydrogen-bond donors (Lipinski definition) is 0. The van der Waals surface area contributed by atoms with E-state index in [1.54, 1.807) is 37.3 Å². The molecule has 146 valence electrons. The zero-order chi connectivity index (χ0) is 19.9. The Hall–Kier alpha value is -2.14. The van der Waals surface area contributed by atoms with Crippen molar-refractivity contribution in [3.63, 3.8) is 0 Å². The number of carbonyl (C=O) groups excluding carboxylic acids is 1. The predicted molar refractivity (Wildman–Crippen MR) is 107 cm³/mol. The molecule has 5 heteroatoms. The van der Waals surface area contributed by atoms with E-state index < -0.39 is 26.7 Å². The molecule has 0 amide bonds. The monoisotopic (exact) mass is 388 g/mol. The largest absolute Gasteiger partial charge is 0.458 e. The maximum Gasteiger partial charge on any atom is 0.303 e. The number of carbonyl (C=O) groups is 1. The quantitative estimate of drug-likeness (QED) is 0.590.